The van der Waals surface area contributed by atoms with Crippen molar-refractivity contribution in [1.29, 1.82) is 0 Å². The molecule has 0 heterocycles. The molecule has 0 saturated carbocycles. The van der Waals surface area contributed by atoms with E-state index in [2.05, 4.69) is 0 Å². The molecule has 0 N–H and O–H groups in total. The fraction of sp³-hybridized carbons (Fsp3) is 0.833. The first-order valence-electron chi connectivity index (χ1n) is 5.61. The average molecular weight is 222 g/mol. The van der Waals surface area contributed by atoms with Crippen molar-refractivity contribution in [2.24, 2.45) is 11.8 Å². The maximum Gasteiger partial charge on any atom is 0.391 e. The molecule has 0 aliphatic heterocycles. The summed E-state index contributed by atoms with van der Waals surface area (Å²) in [5, 5.41) is 0. The lowest BCUT2D eigenvalue weighted by Gasteiger charge is -2.18. The summed E-state index contributed by atoms with van der Waals surface area (Å²) in [4.78, 5) is 0. The van der Waals surface area contributed by atoms with Crippen LogP contribution in [0.2, 0.25) is 0 Å². The second-order valence-corrected chi connectivity index (χ2v) is 4.28. The highest BCUT2D eigenvalue weighted by Crippen LogP contribution is 2.33. The van der Waals surface area contributed by atoms with Crippen LogP contribution < -0.4 is 0 Å². The van der Waals surface area contributed by atoms with Crippen LogP contribution >= 0.6 is 0 Å². The van der Waals surface area contributed by atoms with Crippen LogP contribution in [0, 0.1) is 11.8 Å². The molecule has 1 atom stereocenters. The van der Waals surface area contributed by atoms with Gasteiger partial charge in [0, 0.05) is 0 Å². The first-order chi connectivity index (χ1) is 6.88. The van der Waals surface area contributed by atoms with Crippen LogP contribution in [0.1, 0.15) is 46.5 Å². The molecule has 0 saturated heterocycles. The van der Waals surface area contributed by atoms with E-state index in [4.69, 9.17) is 0 Å². The zero-order valence-corrected chi connectivity index (χ0v) is 9.77. The van der Waals surface area contributed by atoms with E-state index < -0.39 is 12.1 Å². The number of allylic oxidation sites excluding steroid dienone is 2. The normalized spacial score (nSPS) is 15.1. The van der Waals surface area contributed by atoms with Crippen LogP contribution in [-0.2, 0) is 0 Å². The van der Waals surface area contributed by atoms with Gasteiger partial charge in [-0.3, -0.25) is 0 Å². The van der Waals surface area contributed by atoms with Gasteiger partial charge in [-0.2, -0.15) is 13.2 Å². The van der Waals surface area contributed by atoms with E-state index in [1.54, 1.807) is 6.92 Å². The Kier molecular flexibility index (Phi) is 6.70. The molecular weight excluding hydrogens is 201 g/mol. The molecule has 0 spiro atoms. The fourth-order valence-electron chi connectivity index (χ4n) is 1.49. The molecule has 0 aromatic rings. The summed E-state index contributed by atoms with van der Waals surface area (Å²) in [7, 11) is 0. The molecule has 3 heteroatoms. The van der Waals surface area contributed by atoms with Crippen molar-refractivity contribution in [3.63, 3.8) is 0 Å². The molecular formula is C12H21F3. The second kappa shape index (κ2) is 6.91. The van der Waals surface area contributed by atoms with Crippen LogP contribution in [0.4, 0.5) is 13.2 Å². The van der Waals surface area contributed by atoms with Gasteiger partial charge in [-0.05, 0) is 25.2 Å². The highest BCUT2D eigenvalue weighted by molar-refractivity contribution is 4.85. The van der Waals surface area contributed by atoms with E-state index in [1.807, 2.05) is 26.0 Å². The summed E-state index contributed by atoms with van der Waals surface area (Å²) in [5.74, 6) is -0.708. The summed E-state index contributed by atoms with van der Waals surface area (Å²) < 4.78 is 37.4. The molecule has 0 aliphatic rings. The van der Waals surface area contributed by atoms with E-state index in [-0.39, 0.29) is 12.8 Å². The van der Waals surface area contributed by atoms with E-state index in [9.17, 15) is 13.2 Å². The number of hydrogen-bond donors (Lipinski definition) is 0. The standard InChI is InChI=1S/C12H21F3/c1-4-7-11(12(13,14)15)9-6-5-8-10(2)3/h5,8,10-11H,4,6-7,9H2,1-3H3/b8-5+. The first kappa shape index (κ1) is 14.5. The Hall–Kier alpha value is -0.470. The Morgan fingerprint density at radius 2 is 1.73 bits per heavy atom. The van der Waals surface area contributed by atoms with Crippen molar-refractivity contribution < 1.29 is 13.2 Å². The first-order valence-corrected chi connectivity index (χ1v) is 5.61. The maximum absolute atomic E-state index is 12.5. The van der Waals surface area contributed by atoms with Gasteiger partial charge in [-0.25, -0.2) is 0 Å². The van der Waals surface area contributed by atoms with E-state index in [1.165, 1.54) is 0 Å². The third kappa shape index (κ3) is 7.46. The van der Waals surface area contributed by atoms with Gasteiger partial charge >= 0.3 is 6.18 Å². The van der Waals surface area contributed by atoms with E-state index in [0.717, 1.165) is 0 Å². The summed E-state index contributed by atoms with van der Waals surface area (Å²) in [6.45, 7) is 5.83. The molecule has 0 rings (SSSR count). The molecule has 90 valence electrons. The monoisotopic (exact) mass is 222 g/mol. The maximum atomic E-state index is 12.5. The molecule has 15 heavy (non-hydrogen) atoms. The minimum Gasteiger partial charge on any atom is -0.171 e. The zero-order chi connectivity index (χ0) is 11.9. The molecule has 0 aromatic carbocycles. The minimum atomic E-state index is -4.03. The third-order valence-electron chi connectivity index (χ3n) is 2.30. The number of rotatable bonds is 6. The Balaban J connectivity index is 3.97. The molecule has 0 radical (unpaired) electrons. The fourth-order valence-corrected chi connectivity index (χ4v) is 1.49. The van der Waals surface area contributed by atoms with Gasteiger partial charge in [0.1, 0.15) is 0 Å². The van der Waals surface area contributed by atoms with Gasteiger partial charge in [-0.1, -0.05) is 39.3 Å². The van der Waals surface area contributed by atoms with Crippen LogP contribution in [-0.4, -0.2) is 6.18 Å². The zero-order valence-electron chi connectivity index (χ0n) is 9.77. The topological polar surface area (TPSA) is 0 Å². The number of halogens is 3. The number of hydrogen-bond acceptors (Lipinski definition) is 0. The van der Waals surface area contributed by atoms with E-state index in [0.29, 0.717) is 18.8 Å². The summed E-state index contributed by atoms with van der Waals surface area (Å²) in [6, 6.07) is 0. The predicted molar refractivity (Wildman–Crippen MR) is 57.7 cm³/mol. The van der Waals surface area contributed by atoms with Crippen molar-refractivity contribution in [1.82, 2.24) is 0 Å². The highest BCUT2D eigenvalue weighted by Gasteiger charge is 2.37. The largest absolute Gasteiger partial charge is 0.391 e. The van der Waals surface area contributed by atoms with Gasteiger partial charge in [0.25, 0.3) is 0 Å². The number of alkyl halides is 3. The summed E-state index contributed by atoms with van der Waals surface area (Å²) >= 11 is 0. The lowest BCUT2D eigenvalue weighted by molar-refractivity contribution is -0.177. The lowest BCUT2D eigenvalue weighted by Crippen LogP contribution is -2.22. The van der Waals surface area contributed by atoms with Crippen LogP contribution in [0.15, 0.2) is 12.2 Å². The van der Waals surface area contributed by atoms with Crippen molar-refractivity contribution >= 4 is 0 Å². The van der Waals surface area contributed by atoms with Crippen LogP contribution in [0.3, 0.4) is 0 Å². The summed E-state index contributed by atoms with van der Waals surface area (Å²) in [6.07, 6.45) is 1.39. The van der Waals surface area contributed by atoms with Crippen LogP contribution in [0.25, 0.3) is 0 Å². The van der Waals surface area contributed by atoms with Gasteiger partial charge in [0.2, 0.25) is 0 Å². The van der Waals surface area contributed by atoms with Gasteiger partial charge in [-0.15, -0.1) is 0 Å². The van der Waals surface area contributed by atoms with Crippen molar-refractivity contribution in [2.75, 3.05) is 0 Å². The molecule has 0 amide bonds. The summed E-state index contributed by atoms with van der Waals surface area (Å²) in [5.41, 5.74) is 0. The molecule has 0 bridgehead atoms. The van der Waals surface area contributed by atoms with Gasteiger partial charge < -0.3 is 0 Å². The Bertz CT molecular complexity index is 180. The minimum absolute atomic E-state index is 0.223. The lowest BCUT2D eigenvalue weighted by atomic mass is 9.97. The quantitative estimate of drug-likeness (QED) is 0.557. The average Bonchev–Trinajstić information content (AvgIpc) is 2.08. The highest BCUT2D eigenvalue weighted by atomic mass is 19.4. The van der Waals surface area contributed by atoms with Gasteiger partial charge in [0.15, 0.2) is 0 Å². The SMILES string of the molecule is CCCC(CC/C=C/C(C)C)C(F)(F)F. The van der Waals surface area contributed by atoms with Crippen molar-refractivity contribution in [3.05, 3.63) is 12.2 Å². The third-order valence-corrected chi connectivity index (χ3v) is 2.30. The Morgan fingerprint density at radius 3 is 2.13 bits per heavy atom. The molecule has 0 fully saturated rings. The molecule has 0 nitrogen and oxygen atoms in total. The Morgan fingerprint density at radius 1 is 1.13 bits per heavy atom. The smallest absolute Gasteiger partial charge is 0.171 e. The second-order valence-electron chi connectivity index (χ2n) is 4.28. The van der Waals surface area contributed by atoms with Gasteiger partial charge in [0.05, 0.1) is 5.92 Å². The molecule has 0 aliphatic carbocycles. The Labute approximate surface area is 90.6 Å². The molecule has 0 aromatic heterocycles. The predicted octanol–water partition coefficient (Wildman–Crippen LogP) is 4.96. The van der Waals surface area contributed by atoms with E-state index >= 15 is 0 Å². The van der Waals surface area contributed by atoms with Crippen LogP contribution in [0.5, 0.6) is 0 Å². The van der Waals surface area contributed by atoms with Crippen molar-refractivity contribution in [2.45, 2.75) is 52.6 Å². The molecule has 1 unspecified atom stereocenters. The van der Waals surface area contributed by atoms with Crippen molar-refractivity contribution in [3.8, 4) is 0 Å².